The van der Waals surface area contributed by atoms with Crippen molar-refractivity contribution in [3.8, 4) is 11.4 Å². The van der Waals surface area contributed by atoms with Crippen LogP contribution < -0.4 is 10.6 Å². The van der Waals surface area contributed by atoms with Crippen LogP contribution in [-0.4, -0.2) is 39.7 Å². The first-order valence-electron chi connectivity index (χ1n) is 12.2. The SMILES string of the molecule is CC(=O)N[C@@H](Cc1cc(F)cc(F)c1)[C@H](O)CNC1CCCc2ccc(-c3nccc(C(F)(F)F)n3)cc21. The number of carbonyl (C=O) groups is 1. The topological polar surface area (TPSA) is 87.1 Å². The second kappa shape index (κ2) is 11.5. The van der Waals surface area contributed by atoms with Crippen molar-refractivity contribution in [2.75, 3.05) is 6.54 Å². The molecule has 4 rings (SSSR count). The predicted octanol–water partition coefficient (Wildman–Crippen LogP) is 4.52. The number of alkyl halides is 3. The van der Waals surface area contributed by atoms with Crippen LogP contribution in [0.3, 0.4) is 0 Å². The van der Waals surface area contributed by atoms with E-state index < -0.39 is 41.6 Å². The van der Waals surface area contributed by atoms with Gasteiger partial charge in [-0.1, -0.05) is 12.1 Å². The Morgan fingerprint density at radius 1 is 1.13 bits per heavy atom. The quantitative estimate of drug-likeness (QED) is 0.370. The van der Waals surface area contributed by atoms with Crippen molar-refractivity contribution in [2.45, 2.75) is 57.0 Å². The summed E-state index contributed by atoms with van der Waals surface area (Å²) in [5.74, 6) is -1.96. The fourth-order valence-electron chi connectivity index (χ4n) is 4.74. The Morgan fingerprint density at radius 2 is 1.87 bits per heavy atom. The van der Waals surface area contributed by atoms with E-state index >= 15 is 0 Å². The van der Waals surface area contributed by atoms with Crippen molar-refractivity contribution in [3.05, 3.63) is 82.7 Å². The van der Waals surface area contributed by atoms with Gasteiger partial charge in [-0.2, -0.15) is 13.2 Å². The number of carbonyl (C=O) groups excluding carboxylic acids is 1. The Bertz CT molecular complexity index is 1280. The molecule has 6 nitrogen and oxygen atoms in total. The summed E-state index contributed by atoms with van der Waals surface area (Å²) in [5, 5.41) is 16.8. The zero-order chi connectivity index (χ0) is 27.4. The van der Waals surface area contributed by atoms with E-state index in [-0.39, 0.29) is 30.4 Å². The van der Waals surface area contributed by atoms with Gasteiger partial charge in [0.15, 0.2) is 5.82 Å². The molecule has 0 saturated heterocycles. The van der Waals surface area contributed by atoms with Crippen LogP contribution in [0.5, 0.6) is 0 Å². The molecule has 3 aromatic rings. The van der Waals surface area contributed by atoms with Crippen LogP contribution in [0.25, 0.3) is 11.4 Å². The summed E-state index contributed by atoms with van der Waals surface area (Å²) in [4.78, 5) is 19.4. The number of aliphatic hydroxyl groups is 1. The van der Waals surface area contributed by atoms with Crippen LogP contribution in [0.1, 0.15) is 48.2 Å². The van der Waals surface area contributed by atoms with E-state index in [1.807, 2.05) is 6.07 Å². The summed E-state index contributed by atoms with van der Waals surface area (Å²) >= 11 is 0. The van der Waals surface area contributed by atoms with Crippen LogP contribution in [0, 0.1) is 11.6 Å². The van der Waals surface area contributed by atoms with Crippen molar-refractivity contribution in [2.24, 2.45) is 0 Å². The molecule has 1 aliphatic carbocycles. The molecule has 0 bridgehead atoms. The predicted molar refractivity (Wildman–Crippen MR) is 130 cm³/mol. The van der Waals surface area contributed by atoms with E-state index in [1.165, 1.54) is 6.92 Å². The molecule has 2 aromatic carbocycles. The Morgan fingerprint density at radius 3 is 2.55 bits per heavy atom. The van der Waals surface area contributed by atoms with Crippen molar-refractivity contribution in [1.82, 2.24) is 20.6 Å². The average Bonchev–Trinajstić information content (AvgIpc) is 2.85. The fraction of sp³-hybridized carbons (Fsp3) is 0.370. The molecule has 0 radical (unpaired) electrons. The van der Waals surface area contributed by atoms with Gasteiger partial charge in [0.05, 0.1) is 12.1 Å². The van der Waals surface area contributed by atoms with Crippen molar-refractivity contribution < 1.29 is 31.9 Å². The molecule has 0 fully saturated rings. The first-order chi connectivity index (χ1) is 18.0. The minimum absolute atomic E-state index is 0.00932. The van der Waals surface area contributed by atoms with Gasteiger partial charge in [0, 0.05) is 37.3 Å². The molecule has 1 aromatic heterocycles. The number of amides is 1. The zero-order valence-corrected chi connectivity index (χ0v) is 20.5. The lowest BCUT2D eigenvalue weighted by molar-refractivity contribution is -0.141. The van der Waals surface area contributed by atoms with Gasteiger partial charge in [-0.3, -0.25) is 4.79 Å². The van der Waals surface area contributed by atoms with Gasteiger partial charge in [-0.05, 0) is 66.6 Å². The van der Waals surface area contributed by atoms with E-state index in [0.29, 0.717) is 12.0 Å². The maximum absolute atomic E-state index is 13.6. The Kier molecular flexibility index (Phi) is 8.37. The minimum Gasteiger partial charge on any atom is -0.390 e. The summed E-state index contributed by atoms with van der Waals surface area (Å²) in [6.45, 7) is 1.34. The molecule has 3 atom stereocenters. The van der Waals surface area contributed by atoms with Crippen molar-refractivity contribution in [1.29, 1.82) is 0 Å². The third-order valence-electron chi connectivity index (χ3n) is 6.47. The molecule has 3 N–H and O–H groups in total. The van der Waals surface area contributed by atoms with Crippen LogP contribution in [-0.2, 0) is 23.8 Å². The molecule has 38 heavy (non-hydrogen) atoms. The van der Waals surface area contributed by atoms with E-state index in [4.69, 9.17) is 0 Å². The van der Waals surface area contributed by atoms with E-state index in [0.717, 1.165) is 54.4 Å². The Balaban J connectivity index is 1.51. The Labute approximate surface area is 216 Å². The number of hydrogen-bond acceptors (Lipinski definition) is 5. The number of aromatic nitrogens is 2. The molecule has 1 aliphatic rings. The summed E-state index contributed by atoms with van der Waals surface area (Å²) in [5.41, 5.74) is 1.58. The van der Waals surface area contributed by atoms with Gasteiger partial charge in [0.25, 0.3) is 0 Å². The molecule has 1 unspecified atom stereocenters. The number of fused-ring (bicyclic) bond motifs is 1. The van der Waals surface area contributed by atoms with Crippen LogP contribution in [0.2, 0.25) is 0 Å². The van der Waals surface area contributed by atoms with Crippen molar-refractivity contribution in [3.63, 3.8) is 0 Å². The van der Waals surface area contributed by atoms with Gasteiger partial charge in [0.2, 0.25) is 5.91 Å². The Hall–Kier alpha value is -3.44. The molecule has 11 heteroatoms. The average molecular weight is 535 g/mol. The van der Waals surface area contributed by atoms with E-state index in [9.17, 15) is 31.9 Å². The van der Waals surface area contributed by atoms with E-state index in [2.05, 4.69) is 20.6 Å². The molecule has 0 saturated carbocycles. The first kappa shape index (κ1) is 27.6. The summed E-state index contributed by atoms with van der Waals surface area (Å²) in [7, 11) is 0. The van der Waals surface area contributed by atoms with Gasteiger partial charge < -0.3 is 15.7 Å². The molecule has 1 amide bonds. The summed E-state index contributed by atoms with van der Waals surface area (Å²) in [6.07, 6.45) is -2.23. The monoisotopic (exact) mass is 534 g/mol. The smallest absolute Gasteiger partial charge is 0.390 e. The molecule has 0 spiro atoms. The maximum Gasteiger partial charge on any atom is 0.433 e. The first-order valence-corrected chi connectivity index (χ1v) is 12.2. The number of aliphatic hydroxyl groups excluding tert-OH is 1. The highest BCUT2D eigenvalue weighted by Gasteiger charge is 2.33. The van der Waals surface area contributed by atoms with Gasteiger partial charge >= 0.3 is 6.18 Å². The number of benzene rings is 2. The number of nitrogens with one attached hydrogen (secondary N) is 2. The van der Waals surface area contributed by atoms with Crippen molar-refractivity contribution >= 4 is 5.91 Å². The summed E-state index contributed by atoms with van der Waals surface area (Å²) in [6, 6.07) is 8.12. The molecule has 1 heterocycles. The lowest BCUT2D eigenvalue weighted by atomic mass is 9.86. The number of aryl methyl sites for hydroxylation is 1. The van der Waals surface area contributed by atoms with Gasteiger partial charge in [-0.15, -0.1) is 0 Å². The largest absolute Gasteiger partial charge is 0.433 e. The normalized spacial score (nSPS) is 17.0. The molecule has 202 valence electrons. The van der Waals surface area contributed by atoms with Gasteiger partial charge in [-0.25, -0.2) is 18.7 Å². The third kappa shape index (κ3) is 6.90. The summed E-state index contributed by atoms with van der Waals surface area (Å²) < 4.78 is 66.7. The lowest BCUT2D eigenvalue weighted by Gasteiger charge is -2.30. The van der Waals surface area contributed by atoms with Crippen LogP contribution >= 0.6 is 0 Å². The number of hydrogen-bond donors (Lipinski definition) is 3. The van der Waals surface area contributed by atoms with Gasteiger partial charge in [0.1, 0.15) is 17.3 Å². The number of rotatable bonds is 8. The molecular weight excluding hydrogens is 507 g/mol. The number of nitrogens with zero attached hydrogens (tertiary/aromatic N) is 2. The van der Waals surface area contributed by atoms with E-state index in [1.54, 1.807) is 12.1 Å². The van der Waals surface area contributed by atoms with Crippen LogP contribution in [0.4, 0.5) is 22.0 Å². The highest BCUT2D eigenvalue weighted by atomic mass is 19.4. The minimum atomic E-state index is -4.59. The third-order valence-corrected chi connectivity index (χ3v) is 6.47. The maximum atomic E-state index is 13.6. The standard InChI is InChI=1S/C27H27F5N4O2/c1-15(37)35-23(11-16-9-19(28)13-20(29)10-16)24(38)14-34-22-4-2-3-17-5-6-18(12-21(17)22)26-33-8-7-25(36-26)27(30,31)32/h5-10,12-13,22-24,34,38H,2-4,11,14H2,1H3,(H,35,37)/t22?,23-,24+/m0/s1. The second-order valence-electron chi connectivity index (χ2n) is 9.39. The highest BCUT2D eigenvalue weighted by molar-refractivity contribution is 5.73. The molecule has 0 aliphatic heterocycles. The number of halogens is 5. The zero-order valence-electron chi connectivity index (χ0n) is 20.5. The lowest BCUT2D eigenvalue weighted by Crippen LogP contribution is -2.48. The second-order valence-corrected chi connectivity index (χ2v) is 9.39. The van der Waals surface area contributed by atoms with Crippen LogP contribution in [0.15, 0.2) is 48.7 Å². The highest BCUT2D eigenvalue weighted by Crippen LogP contribution is 2.34. The molecular formula is C27H27F5N4O2. The fourth-order valence-corrected chi connectivity index (χ4v) is 4.74.